The molecule has 4 fully saturated rings. The molecule has 3 heteroatoms. The average molecular weight is 348 g/mol. The molecule has 6 atom stereocenters. The Morgan fingerprint density at radius 1 is 1.04 bits per heavy atom. The van der Waals surface area contributed by atoms with Crippen molar-refractivity contribution in [2.45, 2.75) is 90.0 Å². The summed E-state index contributed by atoms with van der Waals surface area (Å²) in [5.41, 5.74) is 0.969. The Labute approximate surface area is 153 Å². The van der Waals surface area contributed by atoms with E-state index in [0.717, 1.165) is 36.5 Å². The lowest BCUT2D eigenvalue weighted by atomic mass is 9.51. The molecule has 0 aromatic heterocycles. The minimum Gasteiger partial charge on any atom is -0.481 e. The molecule has 1 N–H and O–H groups in total. The van der Waals surface area contributed by atoms with Gasteiger partial charge in [0.1, 0.15) is 0 Å². The summed E-state index contributed by atoms with van der Waals surface area (Å²) in [5, 5.41) is 8.97. The van der Waals surface area contributed by atoms with Crippen molar-refractivity contribution >= 4 is 5.97 Å². The number of fused-ring (bicyclic) bond motifs is 5. The summed E-state index contributed by atoms with van der Waals surface area (Å²) < 4.78 is 0. The zero-order valence-electron chi connectivity index (χ0n) is 16.3. The fourth-order valence-electron chi connectivity index (χ4n) is 7.84. The first kappa shape index (κ1) is 17.8. The molecule has 6 unspecified atom stereocenters. The Kier molecular flexibility index (Phi) is 4.67. The molecule has 0 amide bonds. The van der Waals surface area contributed by atoms with E-state index in [-0.39, 0.29) is 0 Å². The van der Waals surface area contributed by atoms with Crippen molar-refractivity contribution in [3.8, 4) is 0 Å². The van der Waals surface area contributed by atoms with Gasteiger partial charge in [-0.2, -0.15) is 0 Å². The van der Waals surface area contributed by atoms with E-state index in [1.807, 2.05) is 0 Å². The van der Waals surface area contributed by atoms with E-state index in [1.54, 1.807) is 0 Å². The summed E-state index contributed by atoms with van der Waals surface area (Å²) >= 11 is 0. The van der Waals surface area contributed by atoms with Crippen molar-refractivity contribution in [1.29, 1.82) is 0 Å². The zero-order valence-corrected chi connectivity index (χ0v) is 16.3. The van der Waals surface area contributed by atoms with Crippen LogP contribution in [0, 0.1) is 29.1 Å². The standard InChI is InChI=1S/C22H37NO2/c1-21-13-10-19-17(11-15-23-14-4-3-12-22(19,23)2)18(21)9-8-16(21)6-5-7-20(24)25/h16-19H,3-15H2,1-2H3,(H,24,25). The molecule has 3 nitrogen and oxygen atoms in total. The highest BCUT2D eigenvalue weighted by atomic mass is 16.4. The molecule has 2 heterocycles. The van der Waals surface area contributed by atoms with Gasteiger partial charge in [-0.15, -0.1) is 0 Å². The third-order valence-electron chi connectivity index (χ3n) is 9.19. The van der Waals surface area contributed by atoms with E-state index in [1.165, 1.54) is 64.5 Å². The predicted octanol–water partition coefficient (Wildman–Crippen LogP) is 4.95. The molecule has 2 saturated carbocycles. The molecule has 2 aliphatic heterocycles. The second-order valence-corrected chi connectivity index (χ2v) is 10.1. The summed E-state index contributed by atoms with van der Waals surface area (Å²) in [4.78, 5) is 13.7. The largest absolute Gasteiger partial charge is 0.481 e. The first-order chi connectivity index (χ1) is 11.9. The summed E-state index contributed by atoms with van der Waals surface area (Å²) in [6.45, 7) is 7.82. The van der Waals surface area contributed by atoms with Crippen molar-refractivity contribution in [3.63, 3.8) is 0 Å². The van der Waals surface area contributed by atoms with E-state index in [0.29, 0.717) is 17.4 Å². The van der Waals surface area contributed by atoms with Gasteiger partial charge >= 0.3 is 5.97 Å². The van der Waals surface area contributed by atoms with Gasteiger partial charge in [-0.05, 0) is 107 Å². The van der Waals surface area contributed by atoms with Crippen LogP contribution in [0.2, 0.25) is 0 Å². The van der Waals surface area contributed by atoms with Gasteiger partial charge < -0.3 is 5.11 Å². The van der Waals surface area contributed by atoms with Crippen LogP contribution in [-0.2, 0) is 4.79 Å². The smallest absolute Gasteiger partial charge is 0.303 e. The third-order valence-corrected chi connectivity index (χ3v) is 9.19. The molecular weight excluding hydrogens is 310 g/mol. The van der Waals surface area contributed by atoms with E-state index in [9.17, 15) is 4.79 Å². The quantitative estimate of drug-likeness (QED) is 0.782. The second-order valence-electron chi connectivity index (χ2n) is 10.1. The number of hydrogen-bond donors (Lipinski definition) is 1. The monoisotopic (exact) mass is 347 g/mol. The number of carboxylic acid groups (broad SMARTS) is 1. The molecular formula is C22H37NO2. The van der Waals surface area contributed by atoms with Crippen LogP contribution in [-0.4, -0.2) is 34.6 Å². The van der Waals surface area contributed by atoms with Crippen LogP contribution in [0.25, 0.3) is 0 Å². The Hall–Kier alpha value is -0.570. The van der Waals surface area contributed by atoms with Gasteiger partial charge in [-0.3, -0.25) is 9.69 Å². The summed E-state index contributed by atoms with van der Waals surface area (Å²) in [5.74, 6) is 2.90. The van der Waals surface area contributed by atoms with Gasteiger partial charge in [-0.1, -0.05) is 13.3 Å². The number of nitrogens with zero attached hydrogens (tertiary/aromatic N) is 1. The van der Waals surface area contributed by atoms with Gasteiger partial charge in [0.2, 0.25) is 0 Å². The minimum atomic E-state index is -0.624. The van der Waals surface area contributed by atoms with Gasteiger partial charge in [-0.25, -0.2) is 0 Å². The maximum Gasteiger partial charge on any atom is 0.303 e. The van der Waals surface area contributed by atoms with Crippen LogP contribution in [0.5, 0.6) is 0 Å². The molecule has 4 aliphatic rings. The predicted molar refractivity (Wildman–Crippen MR) is 100 cm³/mol. The van der Waals surface area contributed by atoms with Gasteiger partial charge in [0.05, 0.1) is 0 Å². The van der Waals surface area contributed by atoms with Crippen LogP contribution in [0.1, 0.15) is 84.5 Å². The lowest BCUT2D eigenvalue weighted by Gasteiger charge is -2.61. The Bertz CT molecular complexity index is 520. The van der Waals surface area contributed by atoms with Gasteiger partial charge in [0.15, 0.2) is 0 Å². The lowest BCUT2D eigenvalue weighted by Crippen LogP contribution is -2.63. The van der Waals surface area contributed by atoms with Crippen molar-refractivity contribution in [3.05, 3.63) is 0 Å². The number of rotatable bonds is 4. The Morgan fingerprint density at radius 3 is 2.68 bits per heavy atom. The van der Waals surface area contributed by atoms with Crippen LogP contribution in [0.3, 0.4) is 0 Å². The maximum atomic E-state index is 10.9. The molecule has 2 aliphatic carbocycles. The Morgan fingerprint density at radius 2 is 1.88 bits per heavy atom. The lowest BCUT2D eigenvalue weighted by molar-refractivity contribution is -0.137. The molecule has 142 valence electrons. The maximum absolute atomic E-state index is 10.9. The second kappa shape index (κ2) is 6.55. The fraction of sp³-hybridized carbons (Fsp3) is 0.955. The minimum absolute atomic E-state index is 0.357. The number of carbonyl (C=O) groups is 1. The zero-order chi connectivity index (χ0) is 17.7. The van der Waals surface area contributed by atoms with E-state index in [4.69, 9.17) is 5.11 Å². The highest BCUT2D eigenvalue weighted by Gasteiger charge is 2.58. The number of carboxylic acids is 1. The first-order valence-corrected chi connectivity index (χ1v) is 10.9. The van der Waals surface area contributed by atoms with Crippen molar-refractivity contribution < 1.29 is 9.90 Å². The topological polar surface area (TPSA) is 40.5 Å². The molecule has 0 aromatic rings. The van der Waals surface area contributed by atoms with Gasteiger partial charge in [0.25, 0.3) is 0 Å². The molecule has 0 bridgehead atoms. The van der Waals surface area contributed by atoms with Crippen LogP contribution in [0.4, 0.5) is 0 Å². The van der Waals surface area contributed by atoms with Crippen molar-refractivity contribution in [2.75, 3.05) is 13.1 Å². The average Bonchev–Trinajstić information content (AvgIpc) is 2.91. The normalized spacial score (nSPS) is 47.0. The number of hydrogen-bond acceptors (Lipinski definition) is 2. The van der Waals surface area contributed by atoms with E-state index in [2.05, 4.69) is 18.7 Å². The summed E-state index contributed by atoms with van der Waals surface area (Å²) in [6.07, 6.45) is 13.6. The third kappa shape index (κ3) is 2.85. The van der Waals surface area contributed by atoms with Crippen molar-refractivity contribution in [2.24, 2.45) is 29.1 Å². The molecule has 2 saturated heterocycles. The molecule has 0 spiro atoms. The van der Waals surface area contributed by atoms with Crippen LogP contribution < -0.4 is 0 Å². The molecule has 0 radical (unpaired) electrons. The van der Waals surface area contributed by atoms with Crippen LogP contribution in [0.15, 0.2) is 0 Å². The fourth-order valence-corrected chi connectivity index (χ4v) is 7.84. The molecule has 0 aromatic carbocycles. The molecule has 25 heavy (non-hydrogen) atoms. The SMILES string of the molecule is CC12CCC3C(CCN4CCCCC34C)C1CCC2CCCC(=O)O. The van der Waals surface area contributed by atoms with Crippen molar-refractivity contribution in [1.82, 2.24) is 4.90 Å². The van der Waals surface area contributed by atoms with E-state index >= 15 is 0 Å². The first-order valence-electron chi connectivity index (χ1n) is 10.9. The highest BCUT2D eigenvalue weighted by Crippen LogP contribution is 2.64. The van der Waals surface area contributed by atoms with E-state index < -0.39 is 5.97 Å². The molecule has 4 rings (SSSR count). The number of piperidine rings is 2. The van der Waals surface area contributed by atoms with Gasteiger partial charge in [0, 0.05) is 12.0 Å². The highest BCUT2D eigenvalue weighted by molar-refractivity contribution is 5.66. The summed E-state index contributed by atoms with van der Waals surface area (Å²) in [7, 11) is 0. The Balaban J connectivity index is 1.48. The summed E-state index contributed by atoms with van der Waals surface area (Å²) in [6, 6.07) is 0. The van der Waals surface area contributed by atoms with Crippen LogP contribution >= 0.6 is 0 Å². The number of aliphatic carboxylic acids is 1.